The van der Waals surface area contributed by atoms with Gasteiger partial charge in [0.2, 0.25) is 0 Å². The zero-order chi connectivity index (χ0) is 27.0. The maximum Gasteiger partial charge on any atom is 0.303 e. The van der Waals surface area contributed by atoms with Crippen LogP contribution in [0.1, 0.15) is 63.3 Å². The van der Waals surface area contributed by atoms with Crippen molar-refractivity contribution in [2.45, 2.75) is 64.1 Å². The summed E-state index contributed by atoms with van der Waals surface area (Å²) < 4.78 is 16.3. The van der Waals surface area contributed by atoms with Crippen molar-refractivity contribution in [3.63, 3.8) is 0 Å². The van der Waals surface area contributed by atoms with Gasteiger partial charge in [0.15, 0.2) is 11.3 Å². The largest absolute Gasteiger partial charge is 0.481 e. The van der Waals surface area contributed by atoms with Crippen molar-refractivity contribution in [1.29, 1.82) is 5.26 Å². The quantitative estimate of drug-likeness (QED) is 0.415. The van der Waals surface area contributed by atoms with Crippen LogP contribution in [0.15, 0.2) is 24.4 Å². The molecule has 39 heavy (non-hydrogen) atoms. The fraction of sp³-hybridized carbons (Fsp3) is 0.519. The van der Waals surface area contributed by atoms with Gasteiger partial charge in [-0.2, -0.15) is 10.4 Å². The smallest absolute Gasteiger partial charge is 0.303 e. The van der Waals surface area contributed by atoms with E-state index in [9.17, 15) is 14.4 Å². The third-order valence-corrected chi connectivity index (χ3v) is 8.23. The Morgan fingerprint density at radius 1 is 1.33 bits per heavy atom. The lowest BCUT2D eigenvalue weighted by atomic mass is 9.91. The fourth-order valence-corrected chi connectivity index (χ4v) is 6.26. The molecule has 2 fully saturated rings. The normalized spacial score (nSPS) is 22.4. The van der Waals surface area contributed by atoms with Crippen molar-refractivity contribution < 1.29 is 14.3 Å². The minimum atomic E-state index is -0.736. The Kier molecular flexibility index (Phi) is 8.94. The van der Waals surface area contributed by atoms with Gasteiger partial charge < -0.3 is 10.0 Å². The van der Waals surface area contributed by atoms with Crippen LogP contribution in [0.25, 0.3) is 11.2 Å². The molecule has 0 aliphatic carbocycles. The molecule has 12 heteroatoms. The summed E-state index contributed by atoms with van der Waals surface area (Å²) in [4.78, 5) is 25.2. The number of anilines is 1. The van der Waals surface area contributed by atoms with Crippen LogP contribution in [-0.2, 0) is 4.79 Å². The molecule has 5 rings (SSSR count). The number of piperidine rings is 1. The fourth-order valence-electron chi connectivity index (χ4n) is 6.10. The van der Waals surface area contributed by atoms with E-state index in [1.165, 1.54) is 6.07 Å². The van der Waals surface area contributed by atoms with Crippen LogP contribution in [0.2, 0.25) is 5.02 Å². The molecule has 2 aromatic heterocycles. The topological polar surface area (TPSA) is 111 Å². The maximum atomic E-state index is 14.7. The Balaban J connectivity index is 0.00000353. The summed E-state index contributed by atoms with van der Waals surface area (Å²) in [5, 5.41) is 23.5. The number of carboxylic acid groups (broad SMARTS) is 1. The summed E-state index contributed by atoms with van der Waals surface area (Å²) in [5.74, 6) is -0.134. The highest BCUT2D eigenvalue weighted by molar-refractivity contribution is 6.30. The minimum Gasteiger partial charge on any atom is -0.481 e. The predicted molar refractivity (Wildman–Crippen MR) is 149 cm³/mol. The molecule has 0 radical (unpaired) electrons. The van der Waals surface area contributed by atoms with E-state index < -0.39 is 17.8 Å². The van der Waals surface area contributed by atoms with Gasteiger partial charge in [0.1, 0.15) is 23.2 Å². The number of aromatic nitrogens is 4. The summed E-state index contributed by atoms with van der Waals surface area (Å²) in [6, 6.07) is 6.79. The highest BCUT2D eigenvalue weighted by Gasteiger charge is 2.37. The second-order valence-electron chi connectivity index (χ2n) is 10.4. The van der Waals surface area contributed by atoms with Gasteiger partial charge in [-0.05, 0) is 57.2 Å². The van der Waals surface area contributed by atoms with Crippen molar-refractivity contribution in [3.8, 4) is 6.07 Å². The number of benzene rings is 1. The number of carboxylic acids is 1. The van der Waals surface area contributed by atoms with Gasteiger partial charge in [0.05, 0.1) is 12.2 Å². The molecule has 0 spiro atoms. The Hall–Kier alpha value is -3.00. The number of aliphatic carboxylic acids is 1. The molecule has 2 aliphatic rings. The summed E-state index contributed by atoms with van der Waals surface area (Å²) in [6.07, 6.45) is 5.69. The highest BCUT2D eigenvalue weighted by Crippen LogP contribution is 2.33. The van der Waals surface area contributed by atoms with Gasteiger partial charge in [-0.15, -0.1) is 12.4 Å². The predicted octanol–water partition coefficient (Wildman–Crippen LogP) is 5.07. The van der Waals surface area contributed by atoms with Crippen molar-refractivity contribution in [3.05, 3.63) is 46.5 Å². The molecule has 3 aromatic rings. The Bertz CT molecular complexity index is 1390. The third kappa shape index (κ3) is 5.81. The first-order valence-electron chi connectivity index (χ1n) is 13.1. The number of carbonyl (C=O) groups is 1. The number of likely N-dealkylation sites (tertiary alicyclic amines) is 1. The van der Waals surface area contributed by atoms with Crippen LogP contribution in [0.4, 0.5) is 10.2 Å². The number of rotatable bonds is 7. The van der Waals surface area contributed by atoms with Gasteiger partial charge in [-0.3, -0.25) is 9.69 Å². The second-order valence-corrected chi connectivity index (χ2v) is 10.8. The molecule has 9 nitrogen and oxygen atoms in total. The van der Waals surface area contributed by atoms with Gasteiger partial charge in [0, 0.05) is 42.2 Å². The minimum absolute atomic E-state index is 0. The Morgan fingerprint density at radius 3 is 2.82 bits per heavy atom. The van der Waals surface area contributed by atoms with Crippen LogP contribution in [0.5, 0.6) is 0 Å². The number of nitrogens with zero attached hydrogens (tertiary/aromatic N) is 7. The van der Waals surface area contributed by atoms with Gasteiger partial charge in [0.25, 0.3) is 0 Å². The number of hydrogen-bond donors (Lipinski definition) is 1. The number of nitriles is 1. The first-order valence-corrected chi connectivity index (χ1v) is 13.5. The monoisotopic (exact) mass is 575 g/mol. The van der Waals surface area contributed by atoms with Gasteiger partial charge >= 0.3 is 5.97 Å². The van der Waals surface area contributed by atoms with E-state index in [0.29, 0.717) is 52.0 Å². The molecule has 0 bridgehead atoms. The van der Waals surface area contributed by atoms with E-state index in [1.807, 2.05) is 0 Å². The Morgan fingerprint density at radius 2 is 2.13 bits per heavy atom. The number of hydrogen-bond acceptors (Lipinski definition) is 7. The first kappa shape index (κ1) is 29.0. The summed E-state index contributed by atoms with van der Waals surface area (Å²) >= 11 is 5.94. The molecule has 1 aromatic carbocycles. The van der Waals surface area contributed by atoms with E-state index >= 15 is 0 Å². The summed E-state index contributed by atoms with van der Waals surface area (Å²) in [5.41, 5.74) is 1.37. The number of fused-ring (bicyclic) bond motifs is 1. The third-order valence-electron chi connectivity index (χ3n) is 8.00. The van der Waals surface area contributed by atoms with Crippen LogP contribution < -0.4 is 4.90 Å². The first-order chi connectivity index (χ1) is 18.3. The van der Waals surface area contributed by atoms with E-state index in [-0.39, 0.29) is 24.5 Å². The van der Waals surface area contributed by atoms with Crippen molar-refractivity contribution in [2.24, 2.45) is 5.92 Å². The molecular formula is C27H32Cl2FN7O2. The summed E-state index contributed by atoms with van der Waals surface area (Å²) in [7, 11) is 0. The molecule has 4 atom stereocenters. The molecule has 2 saturated heterocycles. The van der Waals surface area contributed by atoms with Crippen molar-refractivity contribution in [1.82, 2.24) is 24.6 Å². The van der Waals surface area contributed by atoms with E-state index in [0.717, 1.165) is 38.9 Å². The average Bonchev–Trinajstić information content (AvgIpc) is 3.51. The zero-order valence-electron chi connectivity index (χ0n) is 21.9. The van der Waals surface area contributed by atoms with Gasteiger partial charge in [-0.1, -0.05) is 24.6 Å². The molecule has 0 amide bonds. The molecule has 0 saturated carbocycles. The molecule has 208 valence electrons. The average molecular weight is 577 g/mol. The molecule has 0 unspecified atom stereocenters. The van der Waals surface area contributed by atoms with E-state index in [1.54, 1.807) is 29.9 Å². The van der Waals surface area contributed by atoms with Gasteiger partial charge in [-0.25, -0.2) is 19.0 Å². The zero-order valence-corrected chi connectivity index (χ0v) is 23.5. The summed E-state index contributed by atoms with van der Waals surface area (Å²) in [6.45, 7) is 6.63. The molecule has 1 N–H and O–H groups in total. The lowest BCUT2D eigenvalue weighted by molar-refractivity contribution is -0.137. The Labute approximate surface area is 238 Å². The van der Waals surface area contributed by atoms with Crippen LogP contribution in [0.3, 0.4) is 0 Å². The van der Waals surface area contributed by atoms with E-state index in [2.05, 4.69) is 32.9 Å². The lowest BCUT2D eigenvalue weighted by Crippen LogP contribution is -2.52. The SMILES string of the molecule is C[C@@H]1CN(c2cnc3c(C#N)nn([C@H](C)c4ccc(Cl)cc4F)c3n2)CC[C@@H]1N1CCC[C@H]1CCC(=O)O.Cl. The molecule has 2 aliphatic heterocycles. The van der Waals surface area contributed by atoms with E-state index in [4.69, 9.17) is 21.7 Å². The van der Waals surface area contributed by atoms with Crippen LogP contribution in [0, 0.1) is 23.1 Å². The second kappa shape index (κ2) is 12.0. The van der Waals surface area contributed by atoms with Crippen LogP contribution >= 0.6 is 24.0 Å². The van der Waals surface area contributed by atoms with Crippen molar-refractivity contribution in [2.75, 3.05) is 24.5 Å². The van der Waals surface area contributed by atoms with Crippen LogP contribution in [-0.4, -0.2) is 67.4 Å². The van der Waals surface area contributed by atoms with Crippen molar-refractivity contribution >= 4 is 47.0 Å². The maximum absolute atomic E-state index is 14.7. The molecular weight excluding hydrogens is 544 g/mol. The lowest BCUT2D eigenvalue weighted by Gasteiger charge is -2.43. The number of halogens is 3. The molecule has 4 heterocycles. The highest BCUT2D eigenvalue weighted by atomic mass is 35.5. The standard InChI is InChI=1S/C27H31ClFN7O2.ClH/c1-16-15-34(11-9-23(16)35-10-3-4-19(35)6-8-25(37)38)24-14-31-26-22(13-30)33-36(27(26)32-24)17(2)20-7-5-18(28)12-21(20)29;/h5,7,12,14,16-17,19,23H,3-4,6,8-11,15H2,1-2H3,(H,37,38);1H/t16-,17-,19+,23+;/m1./s1.